The Kier molecular flexibility index (Phi) is 7.63. The lowest BCUT2D eigenvalue weighted by molar-refractivity contribution is -0.150. The molecule has 0 bridgehead atoms. The first-order valence-corrected chi connectivity index (χ1v) is 8.86. The summed E-state index contributed by atoms with van der Waals surface area (Å²) in [5, 5.41) is 3.47. The Bertz CT molecular complexity index is 329. The summed E-state index contributed by atoms with van der Waals surface area (Å²) in [5.74, 6) is 0.0468. The van der Waals surface area contributed by atoms with Gasteiger partial charge in [0.1, 0.15) is 0 Å². The van der Waals surface area contributed by atoms with Crippen LogP contribution in [0.2, 0.25) is 0 Å². The van der Waals surface area contributed by atoms with Crippen LogP contribution in [0.25, 0.3) is 0 Å². The predicted octanol–water partition coefficient (Wildman–Crippen LogP) is 2.28. The van der Waals surface area contributed by atoms with Crippen molar-refractivity contribution in [1.82, 2.24) is 5.32 Å². The SMILES string of the molecule is CCCO[C@@H]1CN[C@H](COC2CCC(C(=O)OCC)CC2)C1. The van der Waals surface area contributed by atoms with Crippen molar-refractivity contribution in [2.75, 3.05) is 26.4 Å². The maximum absolute atomic E-state index is 11.7. The van der Waals surface area contributed by atoms with Crippen LogP contribution < -0.4 is 5.32 Å². The third-order valence-corrected chi connectivity index (χ3v) is 4.57. The molecule has 1 N–H and O–H groups in total. The van der Waals surface area contributed by atoms with Gasteiger partial charge >= 0.3 is 5.97 Å². The van der Waals surface area contributed by atoms with Gasteiger partial charge in [0.2, 0.25) is 0 Å². The summed E-state index contributed by atoms with van der Waals surface area (Å²) < 4.78 is 16.9. The molecule has 2 fully saturated rings. The van der Waals surface area contributed by atoms with Crippen molar-refractivity contribution >= 4 is 5.97 Å². The fraction of sp³-hybridized carbons (Fsp3) is 0.941. The monoisotopic (exact) mass is 313 g/mol. The Labute approximate surface area is 134 Å². The molecule has 1 aliphatic carbocycles. The summed E-state index contributed by atoms with van der Waals surface area (Å²) in [5.41, 5.74) is 0. The van der Waals surface area contributed by atoms with Crippen LogP contribution in [0, 0.1) is 5.92 Å². The molecule has 0 aromatic rings. The summed E-state index contributed by atoms with van der Waals surface area (Å²) in [6, 6.07) is 0.407. The molecule has 0 aromatic carbocycles. The molecule has 1 saturated carbocycles. The second-order valence-electron chi connectivity index (χ2n) is 6.39. The maximum atomic E-state index is 11.7. The van der Waals surface area contributed by atoms with Crippen molar-refractivity contribution in [1.29, 1.82) is 0 Å². The van der Waals surface area contributed by atoms with E-state index in [9.17, 15) is 4.79 Å². The zero-order valence-electron chi connectivity index (χ0n) is 14.0. The Morgan fingerprint density at radius 2 is 1.86 bits per heavy atom. The molecule has 0 aromatic heterocycles. The van der Waals surface area contributed by atoms with Crippen LogP contribution in [-0.2, 0) is 19.0 Å². The molecule has 128 valence electrons. The number of esters is 1. The third-order valence-electron chi connectivity index (χ3n) is 4.57. The highest BCUT2D eigenvalue weighted by Gasteiger charge is 2.29. The predicted molar refractivity (Wildman–Crippen MR) is 84.8 cm³/mol. The summed E-state index contributed by atoms with van der Waals surface area (Å²) >= 11 is 0. The van der Waals surface area contributed by atoms with Gasteiger partial charge < -0.3 is 19.5 Å². The van der Waals surface area contributed by atoms with E-state index >= 15 is 0 Å². The van der Waals surface area contributed by atoms with E-state index < -0.39 is 0 Å². The first-order chi connectivity index (χ1) is 10.7. The van der Waals surface area contributed by atoms with Crippen molar-refractivity contribution in [2.24, 2.45) is 5.92 Å². The van der Waals surface area contributed by atoms with Crippen LogP contribution in [0.15, 0.2) is 0 Å². The number of rotatable bonds is 8. The van der Waals surface area contributed by atoms with Gasteiger partial charge in [-0.2, -0.15) is 0 Å². The smallest absolute Gasteiger partial charge is 0.308 e. The van der Waals surface area contributed by atoms with Crippen molar-refractivity contribution in [3.8, 4) is 0 Å². The van der Waals surface area contributed by atoms with Gasteiger partial charge in [-0.15, -0.1) is 0 Å². The molecule has 2 aliphatic rings. The molecule has 0 unspecified atom stereocenters. The molecule has 1 heterocycles. The van der Waals surface area contributed by atoms with Gasteiger partial charge in [-0.25, -0.2) is 0 Å². The van der Waals surface area contributed by atoms with Crippen molar-refractivity contribution in [3.63, 3.8) is 0 Å². The van der Waals surface area contributed by atoms with Crippen molar-refractivity contribution in [3.05, 3.63) is 0 Å². The minimum Gasteiger partial charge on any atom is -0.466 e. The zero-order valence-corrected chi connectivity index (χ0v) is 14.0. The van der Waals surface area contributed by atoms with Crippen LogP contribution in [0.5, 0.6) is 0 Å². The first-order valence-electron chi connectivity index (χ1n) is 8.86. The molecule has 0 amide bonds. The Balaban J connectivity index is 1.58. The second kappa shape index (κ2) is 9.48. The van der Waals surface area contributed by atoms with E-state index in [0.717, 1.165) is 58.3 Å². The normalized spacial score (nSPS) is 32.1. The fourth-order valence-electron chi connectivity index (χ4n) is 3.30. The highest BCUT2D eigenvalue weighted by molar-refractivity contribution is 5.72. The van der Waals surface area contributed by atoms with E-state index in [2.05, 4.69) is 12.2 Å². The van der Waals surface area contributed by atoms with Gasteiger partial charge in [0, 0.05) is 19.2 Å². The lowest BCUT2D eigenvalue weighted by atomic mass is 9.87. The number of ether oxygens (including phenoxy) is 3. The Morgan fingerprint density at radius 1 is 1.09 bits per heavy atom. The van der Waals surface area contributed by atoms with E-state index in [1.807, 2.05) is 6.92 Å². The molecule has 2 atom stereocenters. The number of carbonyl (C=O) groups excluding carboxylic acids is 1. The van der Waals surface area contributed by atoms with Crippen LogP contribution >= 0.6 is 0 Å². The summed E-state index contributed by atoms with van der Waals surface area (Å²) in [6.45, 7) is 7.00. The molecular weight excluding hydrogens is 282 g/mol. The molecule has 1 aliphatic heterocycles. The summed E-state index contributed by atoms with van der Waals surface area (Å²) in [6.07, 6.45) is 6.46. The highest BCUT2D eigenvalue weighted by Crippen LogP contribution is 2.27. The lowest BCUT2D eigenvalue weighted by Gasteiger charge is -2.28. The van der Waals surface area contributed by atoms with Gasteiger partial charge in [-0.1, -0.05) is 6.92 Å². The van der Waals surface area contributed by atoms with E-state index in [4.69, 9.17) is 14.2 Å². The van der Waals surface area contributed by atoms with Crippen molar-refractivity contribution in [2.45, 2.75) is 70.6 Å². The van der Waals surface area contributed by atoms with E-state index in [-0.39, 0.29) is 11.9 Å². The second-order valence-corrected chi connectivity index (χ2v) is 6.39. The molecular formula is C17H31NO4. The van der Waals surface area contributed by atoms with Gasteiger partial charge in [-0.3, -0.25) is 4.79 Å². The average Bonchev–Trinajstić information content (AvgIpc) is 2.99. The van der Waals surface area contributed by atoms with Crippen LogP contribution in [0.4, 0.5) is 0 Å². The number of hydrogen-bond acceptors (Lipinski definition) is 5. The topological polar surface area (TPSA) is 56.8 Å². The minimum atomic E-state index is -0.0330. The Morgan fingerprint density at radius 3 is 2.55 bits per heavy atom. The molecule has 22 heavy (non-hydrogen) atoms. The van der Waals surface area contributed by atoms with Crippen LogP contribution in [0.3, 0.4) is 0 Å². The van der Waals surface area contributed by atoms with Gasteiger partial charge in [0.25, 0.3) is 0 Å². The zero-order chi connectivity index (χ0) is 15.8. The first kappa shape index (κ1) is 17.7. The van der Waals surface area contributed by atoms with Crippen LogP contribution in [0.1, 0.15) is 52.4 Å². The minimum absolute atomic E-state index is 0.0330. The van der Waals surface area contributed by atoms with Crippen molar-refractivity contribution < 1.29 is 19.0 Å². The fourth-order valence-corrected chi connectivity index (χ4v) is 3.30. The molecule has 1 saturated heterocycles. The van der Waals surface area contributed by atoms with E-state index in [1.165, 1.54) is 0 Å². The molecule has 5 nitrogen and oxygen atoms in total. The average molecular weight is 313 g/mol. The van der Waals surface area contributed by atoms with Crippen LogP contribution in [-0.4, -0.2) is 50.6 Å². The summed E-state index contributed by atoms with van der Waals surface area (Å²) in [4.78, 5) is 11.7. The molecule has 0 spiro atoms. The van der Waals surface area contributed by atoms with E-state index in [1.54, 1.807) is 0 Å². The molecule has 2 rings (SSSR count). The molecule has 0 radical (unpaired) electrons. The molecule has 5 heteroatoms. The van der Waals surface area contributed by atoms with Gasteiger partial charge in [0.05, 0.1) is 31.3 Å². The Hall–Kier alpha value is -0.650. The highest BCUT2D eigenvalue weighted by atomic mass is 16.5. The standard InChI is InChI=1S/C17H31NO4/c1-3-9-21-16-10-14(18-11-16)12-22-15-7-5-13(6-8-15)17(19)20-4-2/h13-16,18H,3-12H2,1-2H3/t13?,14-,15?,16-/m0/s1. The lowest BCUT2D eigenvalue weighted by Crippen LogP contribution is -2.32. The van der Waals surface area contributed by atoms with Gasteiger partial charge in [0.15, 0.2) is 0 Å². The van der Waals surface area contributed by atoms with Gasteiger partial charge in [-0.05, 0) is 45.4 Å². The number of nitrogens with one attached hydrogen (secondary N) is 1. The number of hydrogen-bond donors (Lipinski definition) is 1. The number of carbonyl (C=O) groups is 1. The largest absolute Gasteiger partial charge is 0.466 e. The van der Waals surface area contributed by atoms with E-state index in [0.29, 0.717) is 24.9 Å². The summed E-state index contributed by atoms with van der Waals surface area (Å²) in [7, 11) is 0. The third kappa shape index (κ3) is 5.52. The maximum Gasteiger partial charge on any atom is 0.308 e. The quantitative estimate of drug-likeness (QED) is 0.697.